The Labute approximate surface area is 128 Å². The molecule has 0 atom stereocenters. The lowest BCUT2D eigenvalue weighted by Gasteiger charge is -2.23. The van der Waals surface area contributed by atoms with Crippen LogP contribution in [0.1, 0.15) is 0 Å². The minimum atomic E-state index is -0.974. The average Bonchev–Trinajstić information content (AvgIpc) is 2.53. The van der Waals surface area contributed by atoms with Crippen LogP contribution in [0.25, 0.3) is 0 Å². The zero-order valence-electron chi connectivity index (χ0n) is 12.5. The predicted molar refractivity (Wildman–Crippen MR) is 83.5 cm³/mol. The van der Waals surface area contributed by atoms with Crippen LogP contribution in [0.3, 0.4) is 0 Å². The van der Waals surface area contributed by atoms with Gasteiger partial charge in [0.05, 0.1) is 25.6 Å². The van der Waals surface area contributed by atoms with Gasteiger partial charge in [0.2, 0.25) is 0 Å². The minimum Gasteiger partial charge on any atom is -0.497 e. The molecule has 1 aliphatic heterocycles. The second kappa shape index (κ2) is 7.46. The van der Waals surface area contributed by atoms with Crippen LogP contribution in [-0.4, -0.2) is 50.6 Å². The van der Waals surface area contributed by atoms with E-state index in [0.29, 0.717) is 24.6 Å². The van der Waals surface area contributed by atoms with Crippen LogP contribution in [0.4, 0.5) is 5.69 Å². The summed E-state index contributed by atoms with van der Waals surface area (Å²) in [5, 5.41) is 15.2. The third-order valence-corrected chi connectivity index (χ3v) is 3.12. The Balaban J connectivity index is 2.21. The fourth-order valence-electron chi connectivity index (χ4n) is 2.12. The van der Waals surface area contributed by atoms with E-state index in [9.17, 15) is 4.79 Å². The molecule has 7 nitrogen and oxygen atoms in total. The Morgan fingerprint density at radius 3 is 2.59 bits per heavy atom. The maximum Gasteiger partial charge on any atom is 0.325 e. The summed E-state index contributed by atoms with van der Waals surface area (Å²) in [6.07, 6.45) is 0. The Morgan fingerprint density at radius 1 is 1.27 bits per heavy atom. The number of ether oxygens (including phenoxy) is 2. The molecular weight excluding hydrogens is 286 g/mol. The number of anilines is 1. The van der Waals surface area contributed by atoms with Gasteiger partial charge < -0.3 is 25.2 Å². The molecular formula is C15H19N3O4. The van der Waals surface area contributed by atoms with E-state index < -0.39 is 5.97 Å². The molecule has 0 aromatic heterocycles. The minimum absolute atomic E-state index is 0.278. The Bertz CT molecular complexity index is 593. The van der Waals surface area contributed by atoms with Crippen LogP contribution < -0.4 is 15.4 Å². The zero-order chi connectivity index (χ0) is 15.9. The number of carbonyl (C=O) groups is 1. The lowest BCUT2D eigenvalue weighted by molar-refractivity contribution is -0.135. The van der Waals surface area contributed by atoms with Crippen molar-refractivity contribution in [3.63, 3.8) is 0 Å². The van der Waals surface area contributed by atoms with Gasteiger partial charge in [-0.1, -0.05) is 0 Å². The normalized spacial score (nSPS) is 16.5. The van der Waals surface area contributed by atoms with Crippen LogP contribution in [-0.2, 0) is 9.53 Å². The van der Waals surface area contributed by atoms with Gasteiger partial charge in [-0.15, -0.1) is 0 Å². The first kappa shape index (κ1) is 15.8. The number of aliphatic carboxylic acids is 1. The highest BCUT2D eigenvalue weighted by molar-refractivity contribution is 6.02. The van der Waals surface area contributed by atoms with Crippen LogP contribution >= 0.6 is 0 Å². The van der Waals surface area contributed by atoms with Crippen molar-refractivity contribution < 1.29 is 19.4 Å². The standard InChI is InChI=1S/C15H19N3O4/c1-21-11-5-3-10(4-6-11)18-13-8-16-7-12(15(13)22-2)17-9-14(19)20/h3-6,16,18H,7-9H2,1-2H3,(H,19,20). The van der Waals surface area contributed by atoms with E-state index in [1.54, 1.807) is 14.2 Å². The molecule has 118 valence electrons. The molecule has 0 unspecified atom stereocenters. The van der Waals surface area contributed by atoms with E-state index in [2.05, 4.69) is 15.6 Å². The number of nitrogens with zero attached hydrogens (tertiary/aromatic N) is 1. The highest BCUT2D eigenvalue weighted by atomic mass is 16.5. The van der Waals surface area contributed by atoms with Crippen LogP contribution in [0.2, 0.25) is 0 Å². The second-order valence-corrected chi connectivity index (χ2v) is 4.63. The number of carboxylic acids is 1. The molecule has 0 bridgehead atoms. The van der Waals surface area contributed by atoms with Gasteiger partial charge in [-0.3, -0.25) is 9.79 Å². The van der Waals surface area contributed by atoms with Crippen molar-refractivity contribution in [1.82, 2.24) is 5.32 Å². The summed E-state index contributed by atoms with van der Waals surface area (Å²) in [5.41, 5.74) is 2.28. The van der Waals surface area contributed by atoms with E-state index in [1.807, 2.05) is 24.3 Å². The monoisotopic (exact) mass is 305 g/mol. The molecule has 0 spiro atoms. The molecule has 1 aromatic rings. The topological polar surface area (TPSA) is 92.2 Å². The molecule has 22 heavy (non-hydrogen) atoms. The first-order chi connectivity index (χ1) is 10.6. The Morgan fingerprint density at radius 2 is 2.00 bits per heavy atom. The molecule has 0 saturated carbocycles. The third kappa shape index (κ3) is 3.98. The Kier molecular flexibility index (Phi) is 5.37. The molecule has 1 heterocycles. The van der Waals surface area contributed by atoms with Crippen LogP contribution in [0, 0.1) is 0 Å². The molecule has 7 heteroatoms. The van der Waals surface area contributed by atoms with Crippen molar-refractivity contribution in [2.45, 2.75) is 0 Å². The van der Waals surface area contributed by atoms with Crippen molar-refractivity contribution in [2.24, 2.45) is 4.99 Å². The summed E-state index contributed by atoms with van der Waals surface area (Å²) < 4.78 is 10.5. The predicted octanol–water partition coefficient (Wildman–Crippen LogP) is 1.09. The zero-order valence-corrected chi connectivity index (χ0v) is 12.5. The summed E-state index contributed by atoms with van der Waals surface area (Å²) in [7, 11) is 3.16. The lowest BCUT2D eigenvalue weighted by atomic mass is 10.1. The van der Waals surface area contributed by atoms with Gasteiger partial charge >= 0.3 is 5.97 Å². The first-order valence-electron chi connectivity index (χ1n) is 6.78. The van der Waals surface area contributed by atoms with Crippen molar-refractivity contribution >= 4 is 17.4 Å². The van der Waals surface area contributed by atoms with Crippen LogP contribution in [0.5, 0.6) is 5.75 Å². The number of aliphatic imine (C=N–C) groups is 1. The molecule has 0 saturated heterocycles. The highest BCUT2D eigenvalue weighted by Gasteiger charge is 2.19. The van der Waals surface area contributed by atoms with E-state index >= 15 is 0 Å². The number of hydrogen-bond donors (Lipinski definition) is 3. The summed E-state index contributed by atoms with van der Waals surface area (Å²) in [5.74, 6) is 0.381. The molecule has 0 radical (unpaired) electrons. The van der Waals surface area contributed by atoms with E-state index in [-0.39, 0.29) is 6.54 Å². The lowest BCUT2D eigenvalue weighted by Crippen LogP contribution is -2.36. The van der Waals surface area contributed by atoms with Gasteiger partial charge in [-0.05, 0) is 24.3 Å². The average molecular weight is 305 g/mol. The van der Waals surface area contributed by atoms with Gasteiger partial charge in [0, 0.05) is 18.8 Å². The first-order valence-corrected chi connectivity index (χ1v) is 6.78. The van der Waals surface area contributed by atoms with Gasteiger partial charge in [0.15, 0.2) is 5.76 Å². The number of nitrogens with one attached hydrogen (secondary N) is 2. The fourth-order valence-corrected chi connectivity index (χ4v) is 2.12. The molecule has 0 fully saturated rings. The third-order valence-electron chi connectivity index (χ3n) is 3.12. The Hall–Kier alpha value is -2.54. The molecule has 0 amide bonds. The smallest absolute Gasteiger partial charge is 0.325 e. The second-order valence-electron chi connectivity index (χ2n) is 4.63. The fraction of sp³-hybridized carbons (Fsp3) is 0.333. The number of rotatable bonds is 6. The molecule has 1 aromatic carbocycles. The summed E-state index contributed by atoms with van der Waals surface area (Å²) in [6.45, 7) is 0.783. The van der Waals surface area contributed by atoms with Crippen LogP contribution in [0.15, 0.2) is 40.7 Å². The van der Waals surface area contributed by atoms with Crippen molar-refractivity contribution in [3.05, 3.63) is 35.7 Å². The molecule has 0 aliphatic carbocycles. The summed E-state index contributed by atoms with van der Waals surface area (Å²) in [6, 6.07) is 7.49. The highest BCUT2D eigenvalue weighted by Crippen LogP contribution is 2.19. The van der Waals surface area contributed by atoms with E-state index in [1.165, 1.54) is 0 Å². The molecule has 1 aliphatic rings. The molecule has 2 rings (SSSR count). The quantitative estimate of drug-likeness (QED) is 0.729. The summed E-state index contributed by atoms with van der Waals surface area (Å²) in [4.78, 5) is 14.7. The SMILES string of the molecule is COC1=C(Nc2ccc(OC)cc2)CNCC1=NCC(=O)O. The number of methoxy groups -OCH3 is 2. The van der Waals surface area contributed by atoms with Gasteiger partial charge in [0.25, 0.3) is 0 Å². The van der Waals surface area contributed by atoms with Gasteiger partial charge in [0.1, 0.15) is 12.3 Å². The number of hydrogen-bond acceptors (Lipinski definition) is 6. The number of benzene rings is 1. The largest absolute Gasteiger partial charge is 0.497 e. The maximum absolute atomic E-state index is 10.7. The van der Waals surface area contributed by atoms with Crippen molar-refractivity contribution in [3.8, 4) is 5.75 Å². The number of carboxylic acid groups (broad SMARTS) is 1. The van der Waals surface area contributed by atoms with E-state index in [4.69, 9.17) is 14.6 Å². The molecule has 3 N–H and O–H groups in total. The van der Waals surface area contributed by atoms with Crippen molar-refractivity contribution in [2.75, 3.05) is 39.2 Å². The van der Waals surface area contributed by atoms with Crippen molar-refractivity contribution in [1.29, 1.82) is 0 Å². The van der Waals surface area contributed by atoms with Gasteiger partial charge in [-0.25, -0.2) is 0 Å². The maximum atomic E-state index is 10.7. The van der Waals surface area contributed by atoms with E-state index in [0.717, 1.165) is 17.1 Å². The summed E-state index contributed by atoms with van der Waals surface area (Å²) >= 11 is 0. The van der Waals surface area contributed by atoms with Gasteiger partial charge in [-0.2, -0.15) is 0 Å².